The van der Waals surface area contributed by atoms with Gasteiger partial charge in [0.2, 0.25) is 5.91 Å². The summed E-state index contributed by atoms with van der Waals surface area (Å²) in [7, 11) is 0. The van der Waals surface area contributed by atoms with E-state index >= 15 is 0 Å². The van der Waals surface area contributed by atoms with Gasteiger partial charge in [-0.2, -0.15) is 16.6 Å². The molecule has 0 spiro atoms. The molecule has 9 nitrogen and oxygen atoms in total. The molecule has 1 aromatic heterocycles. The normalized spacial score (nSPS) is 28.3. The van der Waals surface area contributed by atoms with Crippen LogP contribution in [0.4, 0.5) is 0 Å². The molecule has 0 aliphatic carbocycles. The maximum Gasteiger partial charge on any atom is 0.327 e. The van der Waals surface area contributed by atoms with Crippen molar-refractivity contribution < 1.29 is 19.8 Å². The number of fused-ring (bicyclic) bond motifs is 1. The van der Waals surface area contributed by atoms with Crippen molar-refractivity contribution in [2.75, 3.05) is 18.1 Å². The highest BCUT2D eigenvalue weighted by Crippen LogP contribution is 2.47. The molecule has 2 N–H and O–H groups in total. The number of aryl methyl sites for hydroxylation is 1. The van der Waals surface area contributed by atoms with Gasteiger partial charge in [-0.25, -0.2) is 4.79 Å². The average molecular weight is 345 g/mol. The van der Waals surface area contributed by atoms with Crippen molar-refractivity contribution in [2.45, 2.75) is 23.2 Å². The Morgan fingerprint density at radius 1 is 1.59 bits per heavy atom. The standard InChI is InChI=1S/C11H15N5O4S2/c17-3-7(21-2-1-15-13-5-12-14-15)8-9(18)16-6(11(19)20)4-22-10(8)16/h5-8,10,17H,1-4H2,(H,19,20)/t6-,7?,8-,10+/m0/s1. The molecule has 0 radical (unpaired) electrons. The van der Waals surface area contributed by atoms with Crippen molar-refractivity contribution >= 4 is 35.4 Å². The summed E-state index contributed by atoms with van der Waals surface area (Å²) >= 11 is 2.95. The lowest BCUT2D eigenvalue weighted by atomic mass is 9.92. The number of carboxylic acids is 1. The second-order valence-electron chi connectivity index (χ2n) is 4.97. The fourth-order valence-electron chi connectivity index (χ4n) is 2.67. The zero-order valence-corrected chi connectivity index (χ0v) is 13.1. The van der Waals surface area contributed by atoms with E-state index in [1.807, 2.05) is 0 Å². The third kappa shape index (κ3) is 2.68. The van der Waals surface area contributed by atoms with Gasteiger partial charge in [-0.15, -0.1) is 22.0 Å². The fourth-order valence-corrected chi connectivity index (χ4v) is 5.53. The molecular weight excluding hydrogens is 330 g/mol. The summed E-state index contributed by atoms with van der Waals surface area (Å²) in [4.78, 5) is 26.2. The van der Waals surface area contributed by atoms with Crippen LogP contribution >= 0.6 is 23.5 Å². The van der Waals surface area contributed by atoms with E-state index in [-0.39, 0.29) is 29.1 Å². The first-order valence-electron chi connectivity index (χ1n) is 6.73. The van der Waals surface area contributed by atoms with Crippen molar-refractivity contribution in [3.8, 4) is 0 Å². The van der Waals surface area contributed by atoms with Gasteiger partial charge >= 0.3 is 5.97 Å². The molecule has 0 bridgehead atoms. The molecule has 1 amide bonds. The van der Waals surface area contributed by atoms with E-state index < -0.39 is 12.0 Å². The van der Waals surface area contributed by atoms with Gasteiger partial charge in [-0.1, -0.05) is 0 Å². The number of aliphatic hydroxyl groups is 1. The molecule has 2 aliphatic rings. The largest absolute Gasteiger partial charge is 0.480 e. The number of tetrazole rings is 1. The zero-order valence-electron chi connectivity index (χ0n) is 11.5. The lowest BCUT2D eigenvalue weighted by Gasteiger charge is -2.46. The Labute approximate surface area is 134 Å². The molecule has 11 heteroatoms. The third-order valence-corrected chi connectivity index (χ3v) is 6.42. The van der Waals surface area contributed by atoms with Crippen LogP contribution in [0.2, 0.25) is 0 Å². The van der Waals surface area contributed by atoms with E-state index in [1.165, 1.54) is 39.5 Å². The van der Waals surface area contributed by atoms with Crippen molar-refractivity contribution in [3.63, 3.8) is 0 Å². The minimum atomic E-state index is -0.966. The number of β-lactam (4-membered cyclic amide) rings is 1. The van der Waals surface area contributed by atoms with Gasteiger partial charge in [0.25, 0.3) is 0 Å². The molecule has 22 heavy (non-hydrogen) atoms. The smallest absolute Gasteiger partial charge is 0.327 e. The molecule has 0 saturated carbocycles. The highest BCUT2D eigenvalue weighted by Gasteiger charge is 2.58. The first kappa shape index (κ1) is 15.6. The van der Waals surface area contributed by atoms with Gasteiger partial charge in [-0.3, -0.25) is 4.79 Å². The Balaban J connectivity index is 1.56. The Morgan fingerprint density at radius 2 is 2.41 bits per heavy atom. The fraction of sp³-hybridized carbons (Fsp3) is 0.727. The lowest BCUT2D eigenvalue weighted by molar-refractivity contribution is -0.161. The molecule has 120 valence electrons. The van der Waals surface area contributed by atoms with E-state index in [1.54, 1.807) is 0 Å². The van der Waals surface area contributed by atoms with E-state index in [2.05, 4.69) is 15.4 Å². The molecule has 2 saturated heterocycles. The first-order valence-corrected chi connectivity index (χ1v) is 8.83. The Hall–Kier alpha value is -1.33. The summed E-state index contributed by atoms with van der Waals surface area (Å²) < 4.78 is 0. The SMILES string of the molecule is O=C(O)[C@@H]1CS[C@@H]2[C@@H](C(CO)SCCn3ncnn3)C(=O)N21. The van der Waals surface area contributed by atoms with Gasteiger partial charge in [0.1, 0.15) is 6.04 Å². The monoisotopic (exact) mass is 345 g/mol. The summed E-state index contributed by atoms with van der Waals surface area (Å²) in [6.45, 7) is 0.426. The summed E-state index contributed by atoms with van der Waals surface area (Å²) in [5, 5.41) is 29.5. The molecule has 0 aromatic carbocycles. The molecule has 1 unspecified atom stereocenters. The number of carboxylic acid groups (broad SMARTS) is 1. The molecule has 3 heterocycles. The van der Waals surface area contributed by atoms with Crippen LogP contribution in [0.5, 0.6) is 0 Å². The second kappa shape index (κ2) is 6.42. The van der Waals surface area contributed by atoms with Crippen LogP contribution in [0.25, 0.3) is 0 Å². The average Bonchev–Trinajstić information content (AvgIpc) is 3.13. The van der Waals surface area contributed by atoms with Crippen LogP contribution in [-0.4, -0.2) is 82.0 Å². The van der Waals surface area contributed by atoms with E-state index in [0.29, 0.717) is 18.1 Å². The van der Waals surface area contributed by atoms with Crippen molar-refractivity contribution in [1.29, 1.82) is 0 Å². The number of aromatic nitrogens is 4. The summed E-state index contributed by atoms with van der Waals surface area (Å²) in [5.74, 6) is -0.410. The summed E-state index contributed by atoms with van der Waals surface area (Å²) in [5.41, 5.74) is 0. The molecule has 2 fully saturated rings. The number of rotatable bonds is 7. The summed E-state index contributed by atoms with van der Waals surface area (Å²) in [6.07, 6.45) is 1.35. The van der Waals surface area contributed by atoms with E-state index in [9.17, 15) is 14.7 Å². The second-order valence-corrected chi connectivity index (χ2v) is 7.47. The predicted octanol–water partition coefficient (Wildman–Crippen LogP) is -1.25. The maximum atomic E-state index is 12.2. The number of carbonyl (C=O) groups excluding carboxylic acids is 1. The van der Waals surface area contributed by atoms with E-state index in [0.717, 1.165) is 0 Å². The van der Waals surface area contributed by atoms with E-state index in [4.69, 9.17) is 5.11 Å². The first-order chi connectivity index (χ1) is 10.6. The van der Waals surface area contributed by atoms with Gasteiger partial charge in [0, 0.05) is 16.8 Å². The van der Waals surface area contributed by atoms with Gasteiger partial charge in [0.15, 0.2) is 6.33 Å². The number of amides is 1. The van der Waals surface area contributed by atoms with Crippen LogP contribution in [0.15, 0.2) is 6.33 Å². The maximum absolute atomic E-state index is 12.2. The number of carbonyl (C=O) groups is 2. The lowest BCUT2D eigenvalue weighted by Crippen LogP contribution is -2.64. The highest BCUT2D eigenvalue weighted by molar-refractivity contribution is 8.01. The minimum absolute atomic E-state index is 0.117. The molecule has 2 aliphatic heterocycles. The third-order valence-electron chi connectivity index (χ3n) is 3.76. The van der Waals surface area contributed by atoms with Crippen LogP contribution in [-0.2, 0) is 16.1 Å². The van der Waals surface area contributed by atoms with Gasteiger partial charge < -0.3 is 15.1 Å². The quantitative estimate of drug-likeness (QED) is 0.584. The number of nitrogens with zero attached hydrogens (tertiary/aromatic N) is 5. The minimum Gasteiger partial charge on any atom is -0.480 e. The number of hydrogen-bond acceptors (Lipinski definition) is 8. The van der Waals surface area contributed by atoms with Crippen molar-refractivity contribution in [2.24, 2.45) is 5.92 Å². The number of aliphatic carboxylic acids is 1. The molecular formula is C11H15N5O4S2. The van der Waals surface area contributed by atoms with Crippen LogP contribution in [0, 0.1) is 5.92 Å². The van der Waals surface area contributed by atoms with Crippen LogP contribution < -0.4 is 0 Å². The number of thioether (sulfide) groups is 2. The van der Waals surface area contributed by atoms with Crippen LogP contribution in [0.1, 0.15) is 0 Å². The van der Waals surface area contributed by atoms with Crippen molar-refractivity contribution in [3.05, 3.63) is 6.33 Å². The number of hydrogen-bond donors (Lipinski definition) is 2. The molecule has 3 rings (SSSR count). The summed E-state index contributed by atoms with van der Waals surface area (Å²) in [6, 6.07) is -0.734. The van der Waals surface area contributed by atoms with Crippen LogP contribution in [0.3, 0.4) is 0 Å². The Kier molecular flexibility index (Phi) is 4.54. The Bertz CT molecular complexity index is 557. The van der Waals surface area contributed by atoms with Gasteiger partial charge in [-0.05, 0) is 5.21 Å². The molecule has 1 aromatic rings. The van der Waals surface area contributed by atoms with Crippen molar-refractivity contribution in [1.82, 2.24) is 25.1 Å². The predicted molar refractivity (Wildman–Crippen MR) is 79.2 cm³/mol. The zero-order chi connectivity index (χ0) is 15.7. The Morgan fingerprint density at radius 3 is 3.05 bits per heavy atom. The topological polar surface area (TPSA) is 121 Å². The number of aliphatic hydroxyl groups excluding tert-OH is 1. The molecule has 4 atom stereocenters. The van der Waals surface area contributed by atoms with Gasteiger partial charge in [0.05, 0.1) is 24.4 Å². The highest BCUT2D eigenvalue weighted by atomic mass is 32.2.